The monoisotopic (exact) mass is 338 g/mol. The number of hydrogen-bond donors (Lipinski definition) is 2. The highest BCUT2D eigenvalue weighted by atomic mass is 16.5. The summed E-state index contributed by atoms with van der Waals surface area (Å²) in [6.07, 6.45) is 0. The van der Waals surface area contributed by atoms with Gasteiger partial charge in [-0.05, 0) is 38.1 Å². The average molecular weight is 338 g/mol. The van der Waals surface area contributed by atoms with Crippen molar-refractivity contribution in [3.05, 3.63) is 42.5 Å². The Morgan fingerprint density at radius 3 is 2.48 bits per heavy atom. The fourth-order valence-corrected chi connectivity index (χ4v) is 2.55. The maximum atomic E-state index is 5.41. The van der Waals surface area contributed by atoms with Crippen molar-refractivity contribution in [2.75, 3.05) is 24.9 Å². The molecular formula is C19H22N4O2. The van der Waals surface area contributed by atoms with E-state index in [0.29, 0.717) is 11.7 Å². The third kappa shape index (κ3) is 3.74. The Bertz CT molecular complexity index is 880. The van der Waals surface area contributed by atoms with Gasteiger partial charge in [-0.25, -0.2) is 4.98 Å². The molecule has 0 atom stereocenters. The van der Waals surface area contributed by atoms with Crippen LogP contribution in [0.15, 0.2) is 42.5 Å². The first-order chi connectivity index (χ1) is 12.1. The highest BCUT2D eigenvalue weighted by Crippen LogP contribution is 2.32. The third-order valence-electron chi connectivity index (χ3n) is 3.68. The minimum atomic E-state index is 0.262. The number of methoxy groups -OCH3 is 2. The first-order valence-electron chi connectivity index (χ1n) is 8.13. The van der Waals surface area contributed by atoms with Gasteiger partial charge in [0.1, 0.15) is 17.3 Å². The second kappa shape index (κ2) is 7.25. The molecular weight excluding hydrogens is 316 g/mol. The smallest absolute Gasteiger partial charge is 0.229 e. The lowest BCUT2D eigenvalue weighted by Gasteiger charge is -2.15. The van der Waals surface area contributed by atoms with E-state index in [-0.39, 0.29) is 6.04 Å². The van der Waals surface area contributed by atoms with Gasteiger partial charge in [-0.3, -0.25) is 0 Å². The van der Waals surface area contributed by atoms with Gasteiger partial charge in [0.2, 0.25) is 5.95 Å². The highest BCUT2D eigenvalue weighted by molar-refractivity contribution is 5.90. The van der Waals surface area contributed by atoms with Gasteiger partial charge in [-0.1, -0.05) is 12.1 Å². The van der Waals surface area contributed by atoms with E-state index in [0.717, 1.165) is 28.2 Å². The van der Waals surface area contributed by atoms with E-state index < -0.39 is 0 Å². The van der Waals surface area contributed by atoms with Crippen LogP contribution >= 0.6 is 0 Å². The van der Waals surface area contributed by atoms with Crippen molar-refractivity contribution < 1.29 is 9.47 Å². The van der Waals surface area contributed by atoms with Crippen LogP contribution in [0, 0.1) is 0 Å². The Labute approximate surface area is 147 Å². The van der Waals surface area contributed by atoms with Crippen LogP contribution < -0.4 is 20.1 Å². The number of rotatable bonds is 6. The molecule has 130 valence electrons. The van der Waals surface area contributed by atoms with Crippen LogP contribution in [0.3, 0.4) is 0 Å². The van der Waals surface area contributed by atoms with Crippen molar-refractivity contribution in [3.63, 3.8) is 0 Å². The molecule has 0 unspecified atom stereocenters. The molecule has 6 heteroatoms. The maximum Gasteiger partial charge on any atom is 0.229 e. The van der Waals surface area contributed by atoms with E-state index in [4.69, 9.17) is 9.47 Å². The molecule has 0 spiro atoms. The van der Waals surface area contributed by atoms with E-state index in [1.807, 2.05) is 42.5 Å². The summed E-state index contributed by atoms with van der Waals surface area (Å²) < 4.78 is 10.7. The predicted octanol–water partition coefficient (Wildman–Crippen LogP) is 4.21. The molecule has 0 aliphatic heterocycles. The molecule has 3 aromatic rings. The van der Waals surface area contributed by atoms with Gasteiger partial charge in [-0.2, -0.15) is 4.98 Å². The quantitative estimate of drug-likeness (QED) is 0.702. The molecule has 25 heavy (non-hydrogen) atoms. The molecule has 0 aliphatic carbocycles. The molecule has 0 fully saturated rings. The molecule has 0 radical (unpaired) electrons. The number of nitrogens with one attached hydrogen (secondary N) is 2. The van der Waals surface area contributed by atoms with Gasteiger partial charge in [0.25, 0.3) is 0 Å². The Hall–Kier alpha value is -3.02. The largest absolute Gasteiger partial charge is 0.497 e. The van der Waals surface area contributed by atoms with E-state index in [1.165, 1.54) is 0 Å². The molecule has 0 saturated carbocycles. The molecule has 0 saturated heterocycles. The van der Waals surface area contributed by atoms with Crippen molar-refractivity contribution in [2.24, 2.45) is 0 Å². The highest BCUT2D eigenvalue weighted by Gasteiger charge is 2.11. The zero-order valence-corrected chi connectivity index (χ0v) is 14.8. The second-order valence-electron chi connectivity index (χ2n) is 5.90. The molecule has 1 heterocycles. The first-order valence-corrected chi connectivity index (χ1v) is 8.13. The average Bonchev–Trinajstić information content (AvgIpc) is 2.61. The number of hydrogen-bond acceptors (Lipinski definition) is 6. The van der Waals surface area contributed by atoms with Crippen LogP contribution in [-0.4, -0.2) is 30.2 Å². The SMILES string of the molecule is COc1ccc(OC)c(Nc2nc(NC(C)C)c3ccccc3n2)c1. The third-order valence-corrected chi connectivity index (χ3v) is 3.68. The molecule has 2 N–H and O–H groups in total. The second-order valence-corrected chi connectivity index (χ2v) is 5.90. The Morgan fingerprint density at radius 1 is 0.960 bits per heavy atom. The zero-order chi connectivity index (χ0) is 17.8. The molecule has 0 bridgehead atoms. The van der Waals surface area contributed by atoms with Crippen molar-refractivity contribution >= 4 is 28.4 Å². The summed E-state index contributed by atoms with van der Waals surface area (Å²) in [6, 6.07) is 13.7. The molecule has 3 rings (SSSR count). The molecule has 0 aliphatic rings. The molecule has 1 aromatic heterocycles. The zero-order valence-electron chi connectivity index (χ0n) is 14.8. The summed E-state index contributed by atoms with van der Waals surface area (Å²) in [4.78, 5) is 9.25. The normalized spacial score (nSPS) is 10.8. The van der Waals surface area contributed by atoms with E-state index in [9.17, 15) is 0 Å². The van der Waals surface area contributed by atoms with Crippen molar-refractivity contribution in [1.29, 1.82) is 0 Å². The number of fused-ring (bicyclic) bond motifs is 1. The number of nitrogens with zero attached hydrogens (tertiary/aromatic N) is 2. The molecule has 0 amide bonds. The lowest BCUT2D eigenvalue weighted by molar-refractivity contribution is 0.405. The van der Waals surface area contributed by atoms with E-state index in [1.54, 1.807) is 14.2 Å². The number of aromatic nitrogens is 2. The maximum absolute atomic E-state index is 5.41. The topological polar surface area (TPSA) is 68.3 Å². The van der Waals surface area contributed by atoms with Crippen LogP contribution in [0.5, 0.6) is 11.5 Å². The van der Waals surface area contributed by atoms with Gasteiger partial charge in [0.05, 0.1) is 25.4 Å². The van der Waals surface area contributed by atoms with Crippen LogP contribution in [0.2, 0.25) is 0 Å². The summed E-state index contributed by atoms with van der Waals surface area (Å²) in [6.45, 7) is 4.16. The van der Waals surface area contributed by atoms with Crippen molar-refractivity contribution in [1.82, 2.24) is 9.97 Å². The van der Waals surface area contributed by atoms with Gasteiger partial charge in [-0.15, -0.1) is 0 Å². The Balaban J connectivity index is 2.04. The van der Waals surface area contributed by atoms with Crippen molar-refractivity contribution in [3.8, 4) is 11.5 Å². The molecule has 6 nitrogen and oxygen atoms in total. The summed E-state index contributed by atoms with van der Waals surface area (Å²) in [5, 5.41) is 7.60. The van der Waals surface area contributed by atoms with Crippen molar-refractivity contribution in [2.45, 2.75) is 19.9 Å². The minimum absolute atomic E-state index is 0.262. The number of benzene rings is 2. The van der Waals surface area contributed by atoms with Gasteiger partial charge in [0.15, 0.2) is 0 Å². The van der Waals surface area contributed by atoms with Crippen LogP contribution in [0.1, 0.15) is 13.8 Å². The lowest BCUT2D eigenvalue weighted by atomic mass is 10.2. The van der Waals surface area contributed by atoms with Crippen LogP contribution in [0.25, 0.3) is 10.9 Å². The number of para-hydroxylation sites is 1. The standard InChI is InChI=1S/C19H22N4O2/c1-12(2)20-18-14-7-5-6-8-15(14)21-19(23-18)22-16-11-13(24-3)9-10-17(16)25-4/h5-12H,1-4H3,(H2,20,21,22,23). The first kappa shape index (κ1) is 16.8. The molecule has 2 aromatic carbocycles. The Kier molecular flexibility index (Phi) is 4.88. The van der Waals surface area contributed by atoms with Gasteiger partial charge < -0.3 is 20.1 Å². The summed E-state index contributed by atoms with van der Waals surface area (Å²) >= 11 is 0. The van der Waals surface area contributed by atoms with E-state index >= 15 is 0 Å². The van der Waals surface area contributed by atoms with E-state index in [2.05, 4.69) is 34.4 Å². The summed E-state index contributed by atoms with van der Waals surface area (Å²) in [7, 11) is 3.25. The summed E-state index contributed by atoms with van der Waals surface area (Å²) in [5.41, 5.74) is 1.61. The van der Waals surface area contributed by atoms with Gasteiger partial charge in [0, 0.05) is 17.5 Å². The number of ether oxygens (including phenoxy) is 2. The lowest BCUT2D eigenvalue weighted by Crippen LogP contribution is -2.12. The fraction of sp³-hybridized carbons (Fsp3) is 0.263. The minimum Gasteiger partial charge on any atom is -0.497 e. The van der Waals surface area contributed by atoms with Gasteiger partial charge >= 0.3 is 0 Å². The fourth-order valence-electron chi connectivity index (χ4n) is 2.55. The Morgan fingerprint density at radius 2 is 1.76 bits per heavy atom. The predicted molar refractivity (Wildman–Crippen MR) is 101 cm³/mol. The number of anilines is 3. The van der Waals surface area contributed by atoms with Crippen LogP contribution in [-0.2, 0) is 0 Å². The van der Waals surface area contributed by atoms with Crippen LogP contribution in [0.4, 0.5) is 17.5 Å². The summed E-state index contributed by atoms with van der Waals surface area (Å²) in [5.74, 6) is 2.71.